The van der Waals surface area contributed by atoms with Crippen molar-refractivity contribution in [1.29, 1.82) is 0 Å². The molecule has 6 nitrogen and oxygen atoms in total. The molecule has 0 spiro atoms. The number of aliphatic hydroxyl groups excluding tert-OH is 1. The first-order valence-corrected chi connectivity index (χ1v) is 11.9. The number of rotatable bonds is 3. The molecular formula is C21H32O6S. The molecule has 3 fully saturated rings. The van der Waals surface area contributed by atoms with Crippen LogP contribution in [0.3, 0.4) is 0 Å². The van der Waals surface area contributed by atoms with Gasteiger partial charge in [0.2, 0.25) is 0 Å². The zero-order chi connectivity index (χ0) is 20.5. The lowest BCUT2D eigenvalue weighted by Gasteiger charge is -2.58. The number of ketones is 1. The number of Topliss-reactive ketones (excluding diaryl/α,β-unsaturated/α-hetero) is 1. The van der Waals surface area contributed by atoms with Gasteiger partial charge in [0.25, 0.3) is 0 Å². The van der Waals surface area contributed by atoms with Crippen LogP contribution in [-0.2, 0) is 19.4 Å². The summed E-state index contributed by atoms with van der Waals surface area (Å²) >= 11 is 0. The molecule has 0 radical (unpaired) electrons. The Bertz CT molecular complexity index is 804. The molecule has 0 aliphatic heterocycles. The Morgan fingerprint density at radius 1 is 1.18 bits per heavy atom. The van der Waals surface area contributed by atoms with Gasteiger partial charge in [-0.2, -0.15) is 8.42 Å². The van der Waals surface area contributed by atoms with E-state index in [-0.39, 0.29) is 28.4 Å². The van der Waals surface area contributed by atoms with Crippen LogP contribution in [0.1, 0.15) is 65.7 Å². The summed E-state index contributed by atoms with van der Waals surface area (Å²) in [5, 5.41) is 11.0. The van der Waals surface area contributed by atoms with Crippen LogP contribution in [0.5, 0.6) is 0 Å². The smallest absolute Gasteiger partial charge is 0.393 e. The summed E-state index contributed by atoms with van der Waals surface area (Å²) in [5.74, 6) is 1.02. The van der Waals surface area contributed by atoms with E-state index < -0.39 is 22.6 Å². The lowest BCUT2D eigenvalue weighted by Crippen LogP contribution is -2.54. The maximum absolute atomic E-state index is 12.2. The zero-order valence-corrected chi connectivity index (χ0v) is 17.7. The molecule has 4 aliphatic carbocycles. The molecule has 28 heavy (non-hydrogen) atoms. The number of fused-ring (bicyclic) bond motifs is 5. The highest BCUT2D eigenvalue weighted by Crippen LogP contribution is 2.65. The van der Waals surface area contributed by atoms with Crippen molar-refractivity contribution in [3.05, 3.63) is 11.6 Å². The summed E-state index contributed by atoms with van der Waals surface area (Å²) < 4.78 is 36.1. The molecule has 0 amide bonds. The third-order valence-corrected chi connectivity index (χ3v) is 9.26. The van der Waals surface area contributed by atoms with Gasteiger partial charge >= 0.3 is 10.4 Å². The third kappa shape index (κ3) is 3.09. The molecule has 8 atom stereocenters. The van der Waals surface area contributed by atoms with E-state index in [1.807, 2.05) is 0 Å². The first-order chi connectivity index (χ1) is 13.0. The molecule has 0 saturated heterocycles. The average Bonchev–Trinajstić information content (AvgIpc) is 2.92. The van der Waals surface area contributed by atoms with Crippen molar-refractivity contribution in [1.82, 2.24) is 0 Å². The van der Waals surface area contributed by atoms with Crippen molar-refractivity contribution < 1.29 is 27.1 Å². The van der Waals surface area contributed by atoms with Gasteiger partial charge in [0.1, 0.15) is 5.78 Å². The first-order valence-electron chi connectivity index (χ1n) is 10.5. The number of hydrogen-bond acceptors (Lipinski definition) is 5. The molecule has 3 saturated carbocycles. The number of carbonyl (C=O) groups is 1. The SMILES string of the molecule is CC(=O)[C@H]1CCC2[C@@H]3CC(O)C4C[C@@H](OS(=O)(=O)O)CC[C@]4(C)C3=CC[C@@]21C. The van der Waals surface area contributed by atoms with Gasteiger partial charge in [-0.25, -0.2) is 4.18 Å². The maximum atomic E-state index is 12.2. The molecule has 0 aromatic carbocycles. The predicted molar refractivity (Wildman–Crippen MR) is 104 cm³/mol. The molecule has 0 aromatic rings. The minimum Gasteiger partial charge on any atom is -0.393 e. The molecule has 2 N–H and O–H groups in total. The quantitative estimate of drug-likeness (QED) is 0.545. The second kappa shape index (κ2) is 6.62. The van der Waals surface area contributed by atoms with E-state index in [0.29, 0.717) is 31.1 Å². The summed E-state index contributed by atoms with van der Waals surface area (Å²) in [5.41, 5.74) is 1.20. The van der Waals surface area contributed by atoms with E-state index in [9.17, 15) is 18.3 Å². The summed E-state index contributed by atoms with van der Waals surface area (Å²) in [4.78, 5) is 12.2. The lowest BCUT2D eigenvalue weighted by atomic mass is 9.48. The minimum absolute atomic E-state index is 0.0196. The Labute approximate surface area is 167 Å². The number of hydrogen-bond donors (Lipinski definition) is 2. The highest BCUT2D eigenvalue weighted by Gasteiger charge is 2.60. The normalized spacial score (nSPS) is 48.2. The lowest BCUT2D eigenvalue weighted by molar-refractivity contribution is -0.125. The standard InChI is InChI=1S/C21H32O6S/c1-12(22)15-4-5-16-14-11-19(23)18-10-13(27-28(24,25)26)6-8-21(18,3)17(14)7-9-20(15,16)2/h7,13-16,18-19,23H,4-6,8-11H2,1-3H3,(H,24,25,26)/t13-,14-,15+,16?,18?,19?,20+,21+/m0/s1. The molecule has 4 rings (SSSR count). The van der Waals surface area contributed by atoms with Gasteiger partial charge in [-0.05, 0) is 80.5 Å². The average molecular weight is 413 g/mol. The molecule has 0 heterocycles. The summed E-state index contributed by atoms with van der Waals surface area (Å²) in [6.45, 7) is 6.16. The topological polar surface area (TPSA) is 101 Å². The monoisotopic (exact) mass is 412 g/mol. The molecular weight excluding hydrogens is 380 g/mol. The molecule has 7 heteroatoms. The number of carbonyl (C=O) groups excluding carboxylic acids is 1. The highest BCUT2D eigenvalue weighted by atomic mass is 32.3. The maximum Gasteiger partial charge on any atom is 0.397 e. The van der Waals surface area contributed by atoms with Crippen LogP contribution >= 0.6 is 0 Å². The van der Waals surface area contributed by atoms with E-state index in [1.54, 1.807) is 6.92 Å². The van der Waals surface area contributed by atoms with Gasteiger partial charge in [-0.15, -0.1) is 0 Å². The van der Waals surface area contributed by atoms with Crippen molar-refractivity contribution in [2.75, 3.05) is 0 Å². The van der Waals surface area contributed by atoms with Crippen molar-refractivity contribution in [2.45, 2.75) is 77.9 Å². The van der Waals surface area contributed by atoms with E-state index in [0.717, 1.165) is 25.7 Å². The predicted octanol–water partition coefficient (Wildman–Crippen LogP) is 3.31. The van der Waals surface area contributed by atoms with Gasteiger partial charge in [-0.1, -0.05) is 25.5 Å². The van der Waals surface area contributed by atoms with Crippen LogP contribution in [0.4, 0.5) is 0 Å². The van der Waals surface area contributed by atoms with Crippen LogP contribution in [0.15, 0.2) is 11.6 Å². The highest BCUT2D eigenvalue weighted by molar-refractivity contribution is 7.80. The van der Waals surface area contributed by atoms with E-state index >= 15 is 0 Å². The van der Waals surface area contributed by atoms with Crippen molar-refractivity contribution >= 4 is 16.2 Å². The van der Waals surface area contributed by atoms with Crippen LogP contribution in [-0.4, -0.2) is 36.1 Å². The zero-order valence-electron chi connectivity index (χ0n) is 16.9. The Morgan fingerprint density at radius 2 is 1.89 bits per heavy atom. The molecule has 158 valence electrons. The number of allylic oxidation sites excluding steroid dienone is 2. The molecule has 4 aliphatic rings. The Balaban J connectivity index is 1.63. The fourth-order valence-corrected chi connectivity index (χ4v) is 7.98. The fraction of sp³-hybridized carbons (Fsp3) is 0.857. The van der Waals surface area contributed by atoms with Crippen molar-refractivity contribution in [3.63, 3.8) is 0 Å². The second-order valence-electron chi connectivity index (χ2n) is 10.1. The number of aliphatic hydroxyl groups is 1. The summed E-state index contributed by atoms with van der Waals surface area (Å²) in [7, 11) is -4.48. The van der Waals surface area contributed by atoms with Gasteiger partial charge in [-0.3, -0.25) is 9.35 Å². The molecule has 3 unspecified atom stereocenters. The van der Waals surface area contributed by atoms with E-state index in [4.69, 9.17) is 8.74 Å². The minimum atomic E-state index is -4.48. The Kier molecular flexibility index (Phi) is 4.85. The van der Waals surface area contributed by atoms with Crippen molar-refractivity contribution in [2.24, 2.45) is 34.5 Å². The Hall–Kier alpha value is -0.760. The van der Waals surface area contributed by atoms with Crippen LogP contribution in [0.2, 0.25) is 0 Å². The van der Waals surface area contributed by atoms with Crippen LogP contribution in [0.25, 0.3) is 0 Å². The Morgan fingerprint density at radius 3 is 2.54 bits per heavy atom. The van der Waals surface area contributed by atoms with Crippen LogP contribution < -0.4 is 0 Å². The largest absolute Gasteiger partial charge is 0.397 e. The third-order valence-electron chi connectivity index (χ3n) is 8.75. The summed E-state index contributed by atoms with van der Waals surface area (Å²) in [6, 6.07) is 0. The second-order valence-corrected chi connectivity index (χ2v) is 11.1. The van der Waals surface area contributed by atoms with Crippen molar-refractivity contribution in [3.8, 4) is 0 Å². The van der Waals surface area contributed by atoms with Gasteiger partial charge in [0, 0.05) is 5.92 Å². The molecule has 0 bridgehead atoms. The van der Waals surface area contributed by atoms with E-state index in [2.05, 4.69) is 19.9 Å². The molecule has 0 aromatic heterocycles. The summed E-state index contributed by atoms with van der Waals surface area (Å²) in [6.07, 6.45) is 6.47. The van der Waals surface area contributed by atoms with Gasteiger partial charge in [0.05, 0.1) is 12.2 Å². The van der Waals surface area contributed by atoms with Gasteiger partial charge < -0.3 is 5.11 Å². The van der Waals surface area contributed by atoms with E-state index in [1.165, 1.54) is 5.57 Å². The van der Waals surface area contributed by atoms with Crippen LogP contribution in [0, 0.1) is 34.5 Å². The van der Waals surface area contributed by atoms with Gasteiger partial charge in [0.15, 0.2) is 0 Å². The first kappa shape index (κ1) is 20.5. The fourth-order valence-electron chi connectivity index (χ4n) is 7.46.